The summed E-state index contributed by atoms with van der Waals surface area (Å²) in [5.74, 6) is 0.355. The maximum Gasteiger partial charge on any atom is 0.229 e. The van der Waals surface area contributed by atoms with Crippen LogP contribution < -0.4 is 15.4 Å². The molecule has 0 bridgehead atoms. The monoisotopic (exact) mass is 304 g/mol. The Balaban J connectivity index is 2.50. The van der Waals surface area contributed by atoms with Crippen molar-refractivity contribution in [3.63, 3.8) is 0 Å². The van der Waals surface area contributed by atoms with Gasteiger partial charge in [-0.3, -0.25) is 9.59 Å². The molecule has 0 spiro atoms. The summed E-state index contributed by atoms with van der Waals surface area (Å²) < 4.78 is 5.94. The Bertz CT molecular complexity index is 606. The normalized spacial score (nSPS) is 17.7. The molecular formula is C17H24N2O3. The lowest BCUT2D eigenvalue weighted by molar-refractivity contribution is -0.122. The summed E-state index contributed by atoms with van der Waals surface area (Å²) in [4.78, 5) is 26.3. The van der Waals surface area contributed by atoms with Gasteiger partial charge in [-0.25, -0.2) is 0 Å². The van der Waals surface area contributed by atoms with Gasteiger partial charge in [0.2, 0.25) is 5.91 Å². The minimum absolute atomic E-state index is 0.0167. The summed E-state index contributed by atoms with van der Waals surface area (Å²) in [7, 11) is 0. The van der Waals surface area contributed by atoms with Gasteiger partial charge in [0.25, 0.3) is 0 Å². The predicted molar refractivity (Wildman–Crippen MR) is 86.3 cm³/mol. The van der Waals surface area contributed by atoms with Crippen molar-refractivity contribution in [2.45, 2.75) is 46.3 Å². The number of Topliss-reactive ketones (excluding diaryl/α,β-unsaturated/α-hetero) is 1. The Labute approximate surface area is 131 Å². The Hall–Kier alpha value is -1.88. The van der Waals surface area contributed by atoms with E-state index in [4.69, 9.17) is 10.5 Å². The molecule has 1 heterocycles. The zero-order chi connectivity index (χ0) is 16.7. The molecule has 1 atom stereocenters. The molecule has 0 saturated carbocycles. The van der Waals surface area contributed by atoms with Gasteiger partial charge in [0.1, 0.15) is 11.4 Å². The van der Waals surface area contributed by atoms with E-state index >= 15 is 0 Å². The Kier molecular flexibility index (Phi) is 4.29. The standard InChI is InChI=1S/C17H24N2O3/c1-10(2)16(21)19-9-17(4,5)22-14-7-6-12(8-13(14)19)15(20)11(3)18/h6-8,10-11H,9,18H2,1-5H3. The number of benzene rings is 1. The highest BCUT2D eigenvalue weighted by molar-refractivity contribution is 6.03. The molecule has 0 fully saturated rings. The lowest BCUT2D eigenvalue weighted by Gasteiger charge is -2.40. The number of hydrogen-bond donors (Lipinski definition) is 1. The second-order valence-electron chi connectivity index (χ2n) is 6.78. The lowest BCUT2D eigenvalue weighted by atomic mass is 9.99. The highest BCUT2D eigenvalue weighted by Crippen LogP contribution is 2.38. The molecule has 0 saturated heterocycles. The molecule has 1 aliphatic heterocycles. The first-order valence-corrected chi connectivity index (χ1v) is 7.56. The predicted octanol–water partition coefficient (Wildman–Crippen LogP) is 2.38. The first-order chi connectivity index (χ1) is 10.1. The molecular weight excluding hydrogens is 280 g/mol. The summed E-state index contributed by atoms with van der Waals surface area (Å²) in [5, 5.41) is 0. The number of carbonyl (C=O) groups is 2. The lowest BCUT2D eigenvalue weighted by Crippen LogP contribution is -2.50. The van der Waals surface area contributed by atoms with E-state index in [1.165, 1.54) is 0 Å². The van der Waals surface area contributed by atoms with Crippen LogP contribution >= 0.6 is 0 Å². The highest BCUT2D eigenvalue weighted by Gasteiger charge is 2.36. The average Bonchev–Trinajstić information content (AvgIpc) is 2.43. The van der Waals surface area contributed by atoms with Crippen LogP contribution in [0.15, 0.2) is 18.2 Å². The first-order valence-electron chi connectivity index (χ1n) is 7.56. The summed E-state index contributed by atoms with van der Waals surface area (Å²) in [6, 6.07) is 4.57. The van der Waals surface area contributed by atoms with Gasteiger partial charge in [-0.05, 0) is 39.0 Å². The van der Waals surface area contributed by atoms with Gasteiger partial charge in [0.05, 0.1) is 18.3 Å². The van der Waals surface area contributed by atoms with Crippen LogP contribution in [0.2, 0.25) is 0 Å². The summed E-state index contributed by atoms with van der Waals surface area (Å²) in [5.41, 5.74) is 6.34. The quantitative estimate of drug-likeness (QED) is 0.870. The summed E-state index contributed by atoms with van der Waals surface area (Å²) in [6.07, 6.45) is 0. The molecule has 1 amide bonds. The number of nitrogens with zero attached hydrogens (tertiary/aromatic N) is 1. The molecule has 120 valence electrons. The average molecular weight is 304 g/mol. The van der Waals surface area contributed by atoms with Crippen molar-refractivity contribution in [1.29, 1.82) is 0 Å². The van der Waals surface area contributed by atoms with Crippen molar-refractivity contribution in [3.05, 3.63) is 23.8 Å². The zero-order valence-corrected chi connectivity index (χ0v) is 13.8. The van der Waals surface area contributed by atoms with Gasteiger partial charge in [0.15, 0.2) is 5.78 Å². The second kappa shape index (κ2) is 5.72. The minimum Gasteiger partial charge on any atom is -0.484 e. The molecule has 2 rings (SSSR count). The van der Waals surface area contributed by atoms with Crippen LogP contribution in [-0.4, -0.2) is 29.9 Å². The molecule has 1 aliphatic rings. The molecule has 5 nitrogen and oxygen atoms in total. The van der Waals surface area contributed by atoms with E-state index in [9.17, 15) is 9.59 Å². The van der Waals surface area contributed by atoms with Crippen LogP contribution in [0.4, 0.5) is 5.69 Å². The van der Waals surface area contributed by atoms with Crippen molar-refractivity contribution >= 4 is 17.4 Å². The van der Waals surface area contributed by atoms with Crippen molar-refractivity contribution in [2.24, 2.45) is 11.7 Å². The number of carbonyl (C=O) groups excluding carboxylic acids is 2. The number of rotatable bonds is 3. The Morgan fingerprint density at radius 3 is 2.45 bits per heavy atom. The molecule has 1 aromatic rings. The Morgan fingerprint density at radius 1 is 1.27 bits per heavy atom. The number of ether oxygens (including phenoxy) is 1. The minimum atomic E-state index is -0.576. The van der Waals surface area contributed by atoms with Crippen molar-refractivity contribution in [3.8, 4) is 5.75 Å². The smallest absolute Gasteiger partial charge is 0.229 e. The number of anilines is 1. The SMILES string of the molecule is CC(C)C(=O)N1CC(C)(C)Oc2ccc(C(=O)C(C)N)cc21. The van der Waals surface area contributed by atoms with E-state index < -0.39 is 11.6 Å². The van der Waals surface area contributed by atoms with Gasteiger partial charge in [-0.15, -0.1) is 0 Å². The van der Waals surface area contributed by atoms with Crippen LogP contribution in [0.5, 0.6) is 5.75 Å². The molecule has 5 heteroatoms. The second-order valence-corrected chi connectivity index (χ2v) is 6.78. The molecule has 2 N–H and O–H groups in total. The van der Waals surface area contributed by atoms with Gasteiger partial charge >= 0.3 is 0 Å². The van der Waals surface area contributed by atoms with Crippen LogP contribution in [0, 0.1) is 5.92 Å². The van der Waals surface area contributed by atoms with E-state index in [1.54, 1.807) is 30.0 Å². The van der Waals surface area contributed by atoms with Gasteiger partial charge < -0.3 is 15.4 Å². The van der Waals surface area contributed by atoms with Crippen LogP contribution in [0.3, 0.4) is 0 Å². The number of ketones is 1. The highest BCUT2D eigenvalue weighted by atomic mass is 16.5. The topological polar surface area (TPSA) is 72.6 Å². The molecule has 0 aliphatic carbocycles. The third-order valence-electron chi connectivity index (χ3n) is 3.63. The van der Waals surface area contributed by atoms with Crippen LogP contribution in [0.1, 0.15) is 45.0 Å². The van der Waals surface area contributed by atoms with Crippen molar-refractivity contribution < 1.29 is 14.3 Å². The maximum absolute atomic E-state index is 12.5. The van der Waals surface area contributed by atoms with Crippen molar-refractivity contribution in [2.75, 3.05) is 11.4 Å². The molecule has 1 aromatic carbocycles. The fraction of sp³-hybridized carbons (Fsp3) is 0.529. The largest absolute Gasteiger partial charge is 0.484 e. The first kappa shape index (κ1) is 16.5. The zero-order valence-electron chi connectivity index (χ0n) is 13.8. The van der Waals surface area contributed by atoms with Crippen LogP contribution in [0.25, 0.3) is 0 Å². The maximum atomic E-state index is 12.5. The van der Waals surface area contributed by atoms with Crippen LogP contribution in [-0.2, 0) is 4.79 Å². The Morgan fingerprint density at radius 2 is 1.91 bits per heavy atom. The van der Waals surface area contributed by atoms with E-state index in [0.717, 1.165) is 0 Å². The number of amides is 1. The van der Waals surface area contributed by atoms with Gasteiger partial charge in [-0.1, -0.05) is 13.8 Å². The third kappa shape index (κ3) is 3.14. The fourth-order valence-corrected chi connectivity index (χ4v) is 2.53. The van der Waals surface area contributed by atoms with E-state index in [1.807, 2.05) is 27.7 Å². The number of fused-ring (bicyclic) bond motifs is 1. The molecule has 22 heavy (non-hydrogen) atoms. The summed E-state index contributed by atoms with van der Waals surface area (Å²) in [6.45, 7) is 9.71. The van der Waals surface area contributed by atoms with Gasteiger partial charge in [0, 0.05) is 11.5 Å². The third-order valence-corrected chi connectivity index (χ3v) is 3.63. The van der Waals surface area contributed by atoms with Crippen molar-refractivity contribution in [1.82, 2.24) is 0 Å². The summed E-state index contributed by atoms with van der Waals surface area (Å²) >= 11 is 0. The van der Waals surface area contributed by atoms with E-state index in [0.29, 0.717) is 23.5 Å². The van der Waals surface area contributed by atoms with Gasteiger partial charge in [-0.2, -0.15) is 0 Å². The molecule has 1 unspecified atom stereocenters. The molecule has 0 radical (unpaired) electrons. The number of hydrogen-bond acceptors (Lipinski definition) is 4. The van der Waals surface area contributed by atoms with E-state index in [2.05, 4.69) is 0 Å². The molecule has 0 aromatic heterocycles. The fourth-order valence-electron chi connectivity index (χ4n) is 2.53. The number of nitrogens with two attached hydrogens (primary N) is 1. The van der Waals surface area contributed by atoms with E-state index in [-0.39, 0.29) is 17.6 Å².